The van der Waals surface area contributed by atoms with Crippen molar-refractivity contribution in [1.82, 2.24) is 0 Å². The van der Waals surface area contributed by atoms with Crippen LogP contribution in [0.4, 0.5) is 10.1 Å². The van der Waals surface area contributed by atoms with Crippen LogP contribution in [0.25, 0.3) is 0 Å². The van der Waals surface area contributed by atoms with Gasteiger partial charge < -0.3 is 10.0 Å². The van der Waals surface area contributed by atoms with Gasteiger partial charge in [0.15, 0.2) is 0 Å². The van der Waals surface area contributed by atoms with Gasteiger partial charge in [0.1, 0.15) is 5.82 Å². The minimum absolute atomic E-state index is 0.230. The molecule has 17 heavy (non-hydrogen) atoms. The van der Waals surface area contributed by atoms with Gasteiger partial charge in [-0.15, -0.1) is 0 Å². The molecule has 4 heteroatoms. The number of carbonyl (C=O) groups is 1. The summed E-state index contributed by atoms with van der Waals surface area (Å²) in [5.41, 5.74) is 1.91. The molecule has 0 radical (unpaired) electrons. The summed E-state index contributed by atoms with van der Waals surface area (Å²) in [6, 6.07) is 4.73. The molecule has 1 aliphatic rings. The lowest BCUT2D eigenvalue weighted by molar-refractivity contribution is -0.142. The molecule has 0 spiro atoms. The van der Waals surface area contributed by atoms with Crippen LogP contribution in [0.5, 0.6) is 0 Å². The topological polar surface area (TPSA) is 40.5 Å². The molecule has 1 aliphatic heterocycles. The summed E-state index contributed by atoms with van der Waals surface area (Å²) in [7, 11) is 0. The van der Waals surface area contributed by atoms with Gasteiger partial charge in [-0.3, -0.25) is 4.79 Å². The number of anilines is 1. The van der Waals surface area contributed by atoms with E-state index in [1.807, 2.05) is 6.92 Å². The summed E-state index contributed by atoms with van der Waals surface area (Å²) in [6.07, 6.45) is 1.32. The first kappa shape index (κ1) is 11.9. The van der Waals surface area contributed by atoms with Gasteiger partial charge in [0.25, 0.3) is 0 Å². The number of aryl methyl sites for hydroxylation is 1. The van der Waals surface area contributed by atoms with Gasteiger partial charge in [-0.1, -0.05) is 0 Å². The summed E-state index contributed by atoms with van der Waals surface area (Å²) in [6.45, 7) is 3.33. The molecular weight excluding hydrogens is 221 g/mol. The van der Waals surface area contributed by atoms with Crippen molar-refractivity contribution in [2.24, 2.45) is 5.92 Å². The molecule has 1 aromatic carbocycles. The minimum atomic E-state index is -0.708. The first-order valence-corrected chi connectivity index (χ1v) is 5.82. The Labute approximate surface area is 99.9 Å². The molecule has 0 aromatic heterocycles. The smallest absolute Gasteiger partial charge is 0.306 e. The molecule has 0 saturated carbocycles. The van der Waals surface area contributed by atoms with Crippen LogP contribution >= 0.6 is 0 Å². The van der Waals surface area contributed by atoms with Gasteiger partial charge in [0, 0.05) is 18.8 Å². The largest absolute Gasteiger partial charge is 0.481 e. The summed E-state index contributed by atoms with van der Waals surface area (Å²) < 4.78 is 13.0. The van der Waals surface area contributed by atoms with Crippen molar-refractivity contribution in [3.8, 4) is 0 Å². The quantitative estimate of drug-likeness (QED) is 0.858. The van der Waals surface area contributed by atoms with Crippen molar-refractivity contribution in [1.29, 1.82) is 0 Å². The maximum Gasteiger partial charge on any atom is 0.306 e. The molecule has 92 valence electrons. The number of nitrogens with zero attached hydrogens (tertiary/aromatic N) is 1. The van der Waals surface area contributed by atoms with Gasteiger partial charge >= 0.3 is 5.97 Å². The highest BCUT2D eigenvalue weighted by Crippen LogP contribution is 2.26. The monoisotopic (exact) mass is 237 g/mol. The zero-order valence-electron chi connectivity index (χ0n) is 9.82. The maximum atomic E-state index is 13.0. The molecule has 0 unspecified atom stereocenters. The molecule has 0 bridgehead atoms. The Kier molecular flexibility index (Phi) is 3.31. The van der Waals surface area contributed by atoms with E-state index in [-0.39, 0.29) is 11.7 Å². The van der Waals surface area contributed by atoms with Crippen LogP contribution in [-0.4, -0.2) is 24.2 Å². The Morgan fingerprint density at radius 2 is 2.06 bits per heavy atom. The Balaban J connectivity index is 2.08. The molecule has 0 atom stereocenters. The Morgan fingerprint density at radius 3 is 2.59 bits per heavy atom. The van der Waals surface area contributed by atoms with Crippen molar-refractivity contribution in [2.45, 2.75) is 19.8 Å². The minimum Gasteiger partial charge on any atom is -0.481 e. The molecular formula is C13H16FNO2. The van der Waals surface area contributed by atoms with E-state index in [4.69, 9.17) is 5.11 Å². The Hall–Kier alpha value is -1.58. The zero-order chi connectivity index (χ0) is 12.4. The number of aliphatic carboxylic acids is 1. The summed E-state index contributed by atoms with van der Waals surface area (Å²) in [4.78, 5) is 13.0. The number of benzene rings is 1. The van der Waals surface area contributed by atoms with E-state index >= 15 is 0 Å². The fourth-order valence-electron chi connectivity index (χ4n) is 2.34. The van der Waals surface area contributed by atoms with E-state index in [0.29, 0.717) is 12.8 Å². The van der Waals surface area contributed by atoms with E-state index in [2.05, 4.69) is 4.90 Å². The Bertz CT molecular complexity index is 425. The lowest BCUT2D eigenvalue weighted by Crippen LogP contribution is -2.36. The molecule has 0 aliphatic carbocycles. The third-order valence-corrected chi connectivity index (χ3v) is 3.34. The first-order chi connectivity index (χ1) is 8.08. The molecule has 2 rings (SSSR count). The van der Waals surface area contributed by atoms with Crippen LogP contribution in [0.2, 0.25) is 0 Å². The van der Waals surface area contributed by atoms with E-state index in [1.165, 1.54) is 12.1 Å². The highest BCUT2D eigenvalue weighted by Gasteiger charge is 2.25. The zero-order valence-corrected chi connectivity index (χ0v) is 9.82. The lowest BCUT2D eigenvalue weighted by Gasteiger charge is -2.32. The summed E-state index contributed by atoms with van der Waals surface area (Å²) in [5.74, 6) is -1.17. The third-order valence-electron chi connectivity index (χ3n) is 3.34. The van der Waals surface area contributed by atoms with Gasteiger partial charge in [-0.2, -0.15) is 0 Å². The SMILES string of the molecule is Cc1cc(F)ccc1N1CCC(C(=O)O)CC1. The summed E-state index contributed by atoms with van der Waals surface area (Å²) >= 11 is 0. The van der Waals surface area contributed by atoms with E-state index in [1.54, 1.807) is 6.07 Å². The number of hydrogen-bond donors (Lipinski definition) is 1. The predicted molar refractivity (Wildman–Crippen MR) is 63.7 cm³/mol. The third kappa shape index (κ3) is 2.57. The first-order valence-electron chi connectivity index (χ1n) is 5.82. The van der Waals surface area contributed by atoms with E-state index in [9.17, 15) is 9.18 Å². The van der Waals surface area contributed by atoms with Crippen molar-refractivity contribution in [2.75, 3.05) is 18.0 Å². The fourth-order valence-corrected chi connectivity index (χ4v) is 2.34. The maximum absolute atomic E-state index is 13.0. The molecule has 3 nitrogen and oxygen atoms in total. The van der Waals surface area contributed by atoms with Crippen LogP contribution in [0, 0.1) is 18.7 Å². The molecule has 0 amide bonds. The fraction of sp³-hybridized carbons (Fsp3) is 0.462. The van der Waals surface area contributed by atoms with Crippen LogP contribution < -0.4 is 4.90 Å². The van der Waals surface area contributed by atoms with Crippen LogP contribution in [-0.2, 0) is 4.79 Å². The number of piperidine rings is 1. The van der Waals surface area contributed by atoms with Crippen molar-refractivity contribution in [3.05, 3.63) is 29.6 Å². The average molecular weight is 237 g/mol. The van der Waals surface area contributed by atoms with Gasteiger partial charge in [0.2, 0.25) is 0 Å². The predicted octanol–water partition coefficient (Wildman–Crippen LogP) is 2.44. The second-order valence-electron chi connectivity index (χ2n) is 4.53. The van der Waals surface area contributed by atoms with Gasteiger partial charge in [-0.05, 0) is 43.5 Å². The van der Waals surface area contributed by atoms with Gasteiger partial charge in [-0.25, -0.2) is 4.39 Å². The van der Waals surface area contributed by atoms with Crippen LogP contribution in [0.1, 0.15) is 18.4 Å². The molecule has 1 aromatic rings. The van der Waals surface area contributed by atoms with Crippen LogP contribution in [0.3, 0.4) is 0 Å². The summed E-state index contributed by atoms with van der Waals surface area (Å²) in [5, 5.41) is 8.92. The molecule has 1 heterocycles. The van der Waals surface area contributed by atoms with Crippen molar-refractivity contribution >= 4 is 11.7 Å². The van der Waals surface area contributed by atoms with E-state index in [0.717, 1.165) is 24.3 Å². The number of halogens is 1. The second kappa shape index (κ2) is 4.73. The number of hydrogen-bond acceptors (Lipinski definition) is 2. The lowest BCUT2D eigenvalue weighted by atomic mass is 9.96. The Morgan fingerprint density at radius 1 is 1.41 bits per heavy atom. The average Bonchev–Trinajstić information content (AvgIpc) is 2.29. The number of carboxylic acid groups (broad SMARTS) is 1. The van der Waals surface area contributed by atoms with Crippen LogP contribution in [0.15, 0.2) is 18.2 Å². The number of carboxylic acids is 1. The van der Waals surface area contributed by atoms with Crippen molar-refractivity contribution in [3.63, 3.8) is 0 Å². The highest BCUT2D eigenvalue weighted by molar-refractivity contribution is 5.70. The second-order valence-corrected chi connectivity index (χ2v) is 4.53. The highest BCUT2D eigenvalue weighted by atomic mass is 19.1. The van der Waals surface area contributed by atoms with Crippen molar-refractivity contribution < 1.29 is 14.3 Å². The number of rotatable bonds is 2. The molecule has 1 saturated heterocycles. The van der Waals surface area contributed by atoms with Gasteiger partial charge in [0.05, 0.1) is 5.92 Å². The normalized spacial score (nSPS) is 17.2. The van der Waals surface area contributed by atoms with E-state index < -0.39 is 5.97 Å². The molecule has 1 fully saturated rings. The standard InChI is InChI=1S/C13H16FNO2/c1-9-8-11(14)2-3-12(9)15-6-4-10(5-7-15)13(16)17/h2-3,8,10H,4-7H2,1H3,(H,16,17). The molecule has 1 N–H and O–H groups in total.